The van der Waals surface area contributed by atoms with E-state index >= 15 is 0 Å². The number of ether oxygens (including phenoxy) is 3. The number of rotatable bonds is 6. The van der Waals surface area contributed by atoms with Crippen LogP contribution in [0, 0.1) is 0 Å². The third-order valence-corrected chi connectivity index (χ3v) is 4.81. The van der Waals surface area contributed by atoms with Crippen molar-refractivity contribution in [3.63, 3.8) is 0 Å². The van der Waals surface area contributed by atoms with E-state index in [0.717, 1.165) is 24.2 Å². The SMILES string of the molecule is CCOc1ccc(/C=C2\C(=O)N(C[C@@H]3CCCO3)C(C)=C2C(=O)OC)cc1. The lowest BCUT2D eigenvalue weighted by Crippen LogP contribution is -2.33. The van der Waals surface area contributed by atoms with Gasteiger partial charge in [0, 0.05) is 12.3 Å². The molecule has 0 bridgehead atoms. The van der Waals surface area contributed by atoms with E-state index < -0.39 is 5.97 Å². The summed E-state index contributed by atoms with van der Waals surface area (Å²) in [6, 6.07) is 7.40. The zero-order valence-corrected chi connectivity index (χ0v) is 16.0. The molecule has 0 aliphatic carbocycles. The smallest absolute Gasteiger partial charge is 0.340 e. The molecule has 1 saturated heterocycles. The maximum atomic E-state index is 13.0. The number of methoxy groups -OCH3 is 1. The van der Waals surface area contributed by atoms with Gasteiger partial charge in [0.1, 0.15) is 5.75 Å². The molecular formula is C21H25NO5. The fourth-order valence-electron chi connectivity index (χ4n) is 3.43. The first kappa shape index (κ1) is 19.2. The number of allylic oxidation sites excluding steroid dienone is 1. The molecule has 2 aliphatic heterocycles. The standard InChI is InChI=1S/C21H25NO5/c1-4-26-16-9-7-15(8-10-16)12-18-19(21(24)25-3)14(2)22(20(18)23)13-17-6-5-11-27-17/h7-10,12,17H,4-6,11,13H2,1-3H3/b18-12-/t17-/m0/s1. The minimum Gasteiger partial charge on any atom is -0.494 e. The highest BCUT2D eigenvalue weighted by Gasteiger charge is 2.38. The lowest BCUT2D eigenvalue weighted by Gasteiger charge is -2.21. The summed E-state index contributed by atoms with van der Waals surface area (Å²) in [5, 5.41) is 0. The molecule has 0 N–H and O–H groups in total. The van der Waals surface area contributed by atoms with Gasteiger partial charge in [0.05, 0.1) is 37.5 Å². The normalized spacial score (nSPS) is 21.3. The number of carbonyl (C=O) groups is 2. The molecule has 1 atom stereocenters. The van der Waals surface area contributed by atoms with Crippen LogP contribution in [0.1, 0.15) is 32.3 Å². The van der Waals surface area contributed by atoms with Crippen LogP contribution >= 0.6 is 0 Å². The molecule has 2 heterocycles. The second kappa shape index (κ2) is 8.39. The van der Waals surface area contributed by atoms with Gasteiger partial charge in [-0.3, -0.25) is 4.79 Å². The highest BCUT2D eigenvalue weighted by molar-refractivity contribution is 6.16. The van der Waals surface area contributed by atoms with Crippen molar-refractivity contribution in [3.8, 4) is 5.75 Å². The Balaban J connectivity index is 1.91. The largest absolute Gasteiger partial charge is 0.494 e. The summed E-state index contributed by atoms with van der Waals surface area (Å²) >= 11 is 0. The minimum absolute atomic E-state index is 0.00706. The predicted molar refractivity (Wildman–Crippen MR) is 101 cm³/mol. The zero-order valence-electron chi connectivity index (χ0n) is 16.0. The Kier molecular flexibility index (Phi) is 5.96. The molecule has 2 aliphatic rings. The molecule has 27 heavy (non-hydrogen) atoms. The Labute approximate surface area is 159 Å². The van der Waals surface area contributed by atoms with Crippen LogP contribution in [0.15, 0.2) is 41.1 Å². The van der Waals surface area contributed by atoms with Crippen molar-refractivity contribution < 1.29 is 23.8 Å². The summed E-state index contributed by atoms with van der Waals surface area (Å²) in [6.45, 7) is 5.45. The summed E-state index contributed by atoms with van der Waals surface area (Å²) in [7, 11) is 1.32. The Hall–Kier alpha value is -2.60. The molecule has 1 amide bonds. The van der Waals surface area contributed by atoms with E-state index in [-0.39, 0.29) is 12.0 Å². The van der Waals surface area contributed by atoms with E-state index in [4.69, 9.17) is 14.2 Å². The second-order valence-corrected chi connectivity index (χ2v) is 6.56. The van der Waals surface area contributed by atoms with Crippen molar-refractivity contribution in [2.24, 2.45) is 0 Å². The summed E-state index contributed by atoms with van der Waals surface area (Å²) in [4.78, 5) is 27.0. The van der Waals surface area contributed by atoms with Crippen molar-refractivity contribution in [2.45, 2.75) is 32.8 Å². The Morgan fingerprint density at radius 2 is 2.07 bits per heavy atom. The third kappa shape index (κ3) is 4.06. The van der Waals surface area contributed by atoms with Crippen molar-refractivity contribution in [1.29, 1.82) is 0 Å². The number of hydrogen-bond donors (Lipinski definition) is 0. The van der Waals surface area contributed by atoms with Crippen LogP contribution in [-0.4, -0.2) is 49.7 Å². The van der Waals surface area contributed by atoms with E-state index in [1.165, 1.54) is 7.11 Å². The van der Waals surface area contributed by atoms with Crippen LogP contribution in [0.4, 0.5) is 0 Å². The number of esters is 1. The Morgan fingerprint density at radius 3 is 2.67 bits per heavy atom. The predicted octanol–water partition coefficient (Wildman–Crippen LogP) is 2.94. The lowest BCUT2D eigenvalue weighted by atomic mass is 10.0. The molecule has 0 saturated carbocycles. The fraction of sp³-hybridized carbons (Fsp3) is 0.429. The summed E-state index contributed by atoms with van der Waals surface area (Å²) in [6.07, 6.45) is 3.65. The summed E-state index contributed by atoms with van der Waals surface area (Å²) in [5.74, 6) is 0.0579. The average Bonchev–Trinajstić information content (AvgIpc) is 3.26. The number of hydrogen-bond acceptors (Lipinski definition) is 5. The number of nitrogens with zero attached hydrogens (tertiary/aromatic N) is 1. The Morgan fingerprint density at radius 1 is 1.33 bits per heavy atom. The first-order chi connectivity index (χ1) is 13.0. The molecule has 1 aromatic carbocycles. The van der Waals surface area contributed by atoms with E-state index in [1.807, 2.05) is 31.2 Å². The van der Waals surface area contributed by atoms with Crippen LogP contribution in [-0.2, 0) is 19.1 Å². The molecule has 3 rings (SSSR count). The van der Waals surface area contributed by atoms with E-state index in [2.05, 4.69) is 0 Å². The molecule has 144 valence electrons. The van der Waals surface area contributed by atoms with Crippen molar-refractivity contribution in [3.05, 3.63) is 46.7 Å². The zero-order chi connectivity index (χ0) is 19.4. The fourth-order valence-corrected chi connectivity index (χ4v) is 3.43. The van der Waals surface area contributed by atoms with Crippen LogP contribution < -0.4 is 4.74 Å². The molecule has 1 aromatic rings. The van der Waals surface area contributed by atoms with Gasteiger partial charge in [-0.2, -0.15) is 0 Å². The van der Waals surface area contributed by atoms with Gasteiger partial charge in [-0.1, -0.05) is 12.1 Å². The molecule has 6 heteroatoms. The quantitative estimate of drug-likeness (QED) is 0.568. The van der Waals surface area contributed by atoms with E-state index in [1.54, 1.807) is 17.9 Å². The van der Waals surface area contributed by atoms with Crippen LogP contribution in [0.3, 0.4) is 0 Å². The highest BCUT2D eigenvalue weighted by Crippen LogP contribution is 2.33. The van der Waals surface area contributed by atoms with Crippen LogP contribution in [0.5, 0.6) is 5.75 Å². The van der Waals surface area contributed by atoms with E-state index in [0.29, 0.717) is 36.6 Å². The van der Waals surface area contributed by atoms with Gasteiger partial charge in [-0.25, -0.2) is 4.79 Å². The van der Waals surface area contributed by atoms with Gasteiger partial charge in [-0.05, 0) is 50.5 Å². The van der Waals surface area contributed by atoms with Crippen molar-refractivity contribution in [1.82, 2.24) is 4.90 Å². The number of carbonyl (C=O) groups excluding carboxylic acids is 2. The molecule has 0 radical (unpaired) electrons. The highest BCUT2D eigenvalue weighted by atomic mass is 16.5. The summed E-state index contributed by atoms with van der Waals surface area (Å²) in [5.41, 5.74) is 2.09. The van der Waals surface area contributed by atoms with Gasteiger partial charge in [0.25, 0.3) is 5.91 Å². The first-order valence-electron chi connectivity index (χ1n) is 9.22. The van der Waals surface area contributed by atoms with E-state index in [9.17, 15) is 9.59 Å². The lowest BCUT2D eigenvalue weighted by molar-refractivity contribution is -0.136. The maximum Gasteiger partial charge on any atom is 0.340 e. The van der Waals surface area contributed by atoms with Gasteiger partial charge in [0.15, 0.2) is 0 Å². The van der Waals surface area contributed by atoms with Crippen molar-refractivity contribution in [2.75, 3.05) is 26.9 Å². The maximum absolute atomic E-state index is 13.0. The van der Waals surface area contributed by atoms with Crippen LogP contribution in [0.2, 0.25) is 0 Å². The van der Waals surface area contributed by atoms with Gasteiger partial charge in [0.2, 0.25) is 0 Å². The molecule has 0 unspecified atom stereocenters. The molecule has 1 fully saturated rings. The monoisotopic (exact) mass is 371 g/mol. The van der Waals surface area contributed by atoms with Gasteiger partial charge >= 0.3 is 5.97 Å². The first-order valence-corrected chi connectivity index (χ1v) is 9.22. The van der Waals surface area contributed by atoms with Gasteiger partial charge in [-0.15, -0.1) is 0 Å². The third-order valence-electron chi connectivity index (χ3n) is 4.81. The minimum atomic E-state index is -0.507. The molecule has 0 spiro atoms. The Bertz CT molecular complexity index is 772. The number of benzene rings is 1. The molecular weight excluding hydrogens is 346 g/mol. The number of amides is 1. The second-order valence-electron chi connectivity index (χ2n) is 6.56. The topological polar surface area (TPSA) is 65.1 Å². The van der Waals surface area contributed by atoms with Crippen molar-refractivity contribution >= 4 is 18.0 Å². The van der Waals surface area contributed by atoms with Gasteiger partial charge < -0.3 is 19.1 Å². The summed E-state index contributed by atoms with van der Waals surface area (Å²) < 4.78 is 16.0. The average molecular weight is 371 g/mol. The molecule has 6 nitrogen and oxygen atoms in total. The molecule has 0 aromatic heterocycles. The van der Waals surface area contributed by atoms with Crippen LogP contribution in [0.25, 0.3) is 6.08 Å².